The maximum Gasteiger partial charge on any atom is 0.220 e. The number of nitrogens with one attached hydrogen (secondary N) is 2. The Labute approximate surface area is 105 Å². The van der Waals surface area contributed by atoms with Crippen LogP contribution in [0.15, 0.2) is 6.20 Å². The smallest absolute Gasteiger partial charge is 0.220 e. The molecule has 98 valence electrons. The molecule has 2 aromatic heterocycles. The number of hydrogen-bond donors (Lipinski definition) is 2. The summed E-state index contributed by atoms with van der Waals surface area (Å²) in [7, 11) is 0. The van der Waals surface area contributed by atoms with Crippen LogP contribution in [-0.2, 0) is 11.3 Å². The summed E-state index contributed by atoms with van der Waals surface area (Å²) in [5.74, 6) is -0.796. The van der Waals surface area contributed by atoms with Crippen molar-refractivity contribution in [3.8, 4) is 0 Å². The van der Waals surface area contributed by atoms with Gasteiger partial charge in [-0.05, 0) is 6.92 Å². The van der Waals surface area contributed by atoms with Crippen molar-refractivity contribution in [2.24, 2.45) is 0 Å². The second-order valence-corrected chi connectivity index (χ2v) is 3.53. The number of carbonyl (C=O) groups excluding carboxylic acids is 1. The van der Waals surface area contributed by atoms with E-state index in [1.165, 1.54) is 6.92 Å². The van der Waals surface area contributed by atoms with Gasteiger partial charge in [-0.3, -0.25) is 9.89 Å². The fourth-order valence-corrected chi connectivity index (χ4v) is 1.54. The number of aromatic amines is 1. The van der Waals surface area contributed by atoms with Crippen LogP contribution in [0.2, 0.25) is 0 Å². The summed E-state index contributed by atoms with van der Waals surface area (Å²) >= 11 is 0. The van der Waals surface area contributed by atoms with Crippen LogP contribution in [-0.4, -0.2) is 21.1 Å². The average Bonchev–Trinajstić information content (AvgIpc) is 2.80. The molecule has 0 unspecified atom stereocenters. The highest BCUT2D eigenvalue weighted by atomic mass is 19.1. The maximum absolute atomic E-state index is 13.6. The fourth-order valence-electron chi connectivity index (χ4n) is 1.54. The van der Waals surface area contributed by atoms with E-state index >= 15 is 0 Å². The molecule has 0 atom stereocenters. The highest BCUT2D eigenvalue weighted by molar-refractivity contribution is 5.83. The van der Waals surface area contributed by atoms with Crippen molar-refractivity contribution in [1.29, 1.82) is 0 Å². The number of H-pyrrole nitrogens is 1. The third-order valence-electron chi connectivity index (χ3n) is 2.36. The summed E-state index contributed by atoms with van der Waals surface area (Å²) in [6.45, 7) is 7.19. The van der Waals surface area contributed by atoms with Crippen LogP contribution < -0.4 is 5.32 Å². The van der Waals surface area contributed by atoms with Crippen molar-refractivity contribution in [3.63, 3.8) is 0 Å². The predicted octanol–water partition coefficient (Wildman–Crippen LogP) is 2.07. The normalized spacial score (nSPS) is 9.83. The number of nitrogens with zero attached hydrogens (tertiary/aromatic N) is 2. The zero-order chi connectivity index (χ0) is 13.7. The molecule has 0 aliphatic carbocycles. The molecule has 0 bridgehead atoms. The van der Waals surface area contributed by atoms with Crippen LogP contribution in [0.5, 0.6) is 0 Å². The van der Waals surface area contributed by atoms with Gasteiger partial charge in [-0.25, -0.2) is 4.98 Å². The van der Waals surface area contributed by atoms with E-state index in [1.807, 2.05) is 13.8 Å². The highest BCUT2D eigenvalue weighted by Crippen LogP contribution is 2.20. The van der Waals surface area contributed by atoms with Crippen molar-refractivity contribution in [2.45, 2.75) is 34.2 Å². The fraction of sp³-hybridized carbons (Fsp3) is 0.417. The van der Waals surface area contributed by atoms with Gasteiger partial charge < -0.3 is 5.32 Å². The minimum absolute atomic E-state index is 0.104. The van der Waals surface area contributed by atoms with E-state index in [-0.39, 0.29) is 12.5 Å². The standard InChI is InChI=1S/C10H11FN4O.C2H6/c1-5-7-4-13-15-9(7)8(10(11)14-5)3-12-6(2)16;1-2/h4H,3H2,1-2H3,(H,12,16)(H,13,15);1-2H3. The van der Waals surface area contributed by atoms with Crippen LogP contribution in [0, 0.1) is 12.9 Å². The van der Waals surface area contributed by atoms with Crippen LogP contribution in [0.25, 0.3) is 10.9 Å². The van der Waals surface area contributed by atoms with Crippen molar-refractivity contribution in [3.05, 3.63) is 23.4 Å². The topological polar surface area (TPSA) is 70.7 Å². The summed E-state index contributed by atoms with van der Waals surface area (Å²) in [4.78, 5) is 14.6. The van der Waals surface area contributed by atoms with Gasteiger partial charge in [0, 0.05) is 18.9 Å². The Balaban J connectivity index is 0.000000771. The first-order valence-corrected chi connectivity index (χ1v) is 5.82. The zero-order valence-electron chi connectivity index (χ0n) is 11.0. The van der Waals surface area contributed by atoms with Gasteiger partial charge in [0.25, 0.3) is 0 Å². The summed E-state index contributed by atoms with van der Waals surface area (Å²) in [5, 5.41) is 9.86. The van der Waals surface area contributed by atoms with Gasteiger partial charge in [-0.2, -0.15) is 9.49 Å². The number of rotatable bonds is 2. The first-order chi connectivity index (χ1) is 8.59. The Kier molecular flexibility index (Phi) is 4.76. The van der Waals surface area contributed by atoms with Crippen molar-refractivity contribution in [2.75, 3.05) is 0 Å². The number of halogens is 1. The first kappa shape index (κ1) is 14.1. The van der Waals surface area contributed by atoms with E-state index in [0.29, 0.717) is 16.8 Å². The van der Waals surface area contributed by atoms with E-state index in [4.69, 9.17) is 0 Å². The number of fused-ring (bicyclic) bond motifs is 1. The Morgan fingerprint density at radius 3 is 2.78 bits per heavy atom. The van der Waals surface area contributed by atoms with E-state index in [0.717, 1.165) is 5.39 Å². The summed E-state index contributed by atoms with van der Waals surface area (Å²) in [5.41, 5.74) is 1.49. The molecule has 0 aliphatic heterocycles. The first-order valence-electron chi connectivity index (χ1n) is 5.82. The molecule has 0 spiro atoms. The van der Waals surface area contributed by atoms with Crippen molar-refractivity contribution >= 4 is 16.8 Å². The third kappa shape index (κ3) is 2.82. The molecule has 6 heteroatoms. The van der Waals surface area contributed by atoms with Gasteiger partial charge in [0.2, 0.25) is 11.9 Å². The lowest BCUT2D eigenvalue weighted by atomic mass is 10.1. The van der Waals surface area contributed by atoms with Crippen LogP contribution in [0.1, 0.15) is 32.0 Å². The van der Waals surface area contributed by atoms with Gasteiger partial charge >= 0.3 is 0 Å². The Morgan fingerprint density at radius 1 is 1.50 bits per heavy atom. The summed E-state index contributed by atoms with van der Waals surface area (Å²) in [6.07, 6.45) is 1.59. The van der Waals surface area contributed by atoms with Crippen molar-refractivity contribution < 1.29 is 9.18 Å². The third-order valence-corrected chi connectivity index (χ3v) is 2.36. The minimum atomic E-state index is -0.581. The Morgan fingerprint density at radius 2 is 2.17 bits per heavy atom. The number of aryl methyl sites for hydroxylation is 1. The van der Waals surface area contributed by atoms with Crippen LogP contribution in [0.3, 0.4) is 0 Å². The Bertz CT molecular complexity index is 550. The van der Waals surface area contributed by atoms with Crippen molar-refractivity contribution in [1.82, 2.24) is 20.5 Å². The largest absolute Gasteiger partial charge is 0.352 e. The maximum atomic E-state index is 13.6. The molecule has 0 aliphatic rings. The number of carbonyl (C=O) groups is 1. The van der Waals surface area contributed by atoms with Gasteiger partial charge in [0.15, 0.2) is 0 Å². The molecule has 18 heavy (non-hydrogen) atoms. The van der Waals surface area contributed by atoms with Gasteiger partial charge in [-0.1, -0.05) is 13.8 Å². The molecule has 1 amide bonds. The van der Waals surface area contributed by atoms with E-state index in [9.17, 15) is 9.18 Å². The van der Waals surface area contributed by atoms with E-state index in [1.54, 1.807) is 13.1 Å². The molecule has 0 saturated carbocycles. The Hall–Kier alpha value is -1.98. The molecule has 0 saturated heterocycles. The van der Waals surface area contributed by atoms with Gasteiger partial charge in [0.05, 0.1) is 23.0 Å². The minimum Gasteiger partial charge on any atom is -0.352 e. The molecule has 2 N–H and O–H groups in total. The lowest BCUT2D eigenvalue weighted by Crippen LogP contribution is -2.20. The number of hydrogen-bond acceptors (Lipinski definition) is 3. The molecule has 5 nitrogen and oxygen atoms in total. The second-order valence-electron chi connectivity index (χ2n) is 3.53. The number of pyridine rings is 1. The lowest BCUT2D eigenvalue weighted by molar-refractivity contribution is -0.119. The molecule has 2 rings (SSSR count). The molecule has 0 aromatic carbocycles. The van der Waals surface area contributed by atoms with Gasteiger partial charge in [0.1, 0.15) is 0 Å². The van der Waals surface area contributed by atoms with Gasteiger partial charge in [-0.15, -0.1) is 0 Å². The van der Waals surface area contributed by atoms with E-state index < -0.39 is 5.95 Å². The lowest BCUT2D eigenvalue weighted by Gasteiger charge is -2.06. The summed E-state index contributed by atoms with van der Waals surface area (Å²) < 4.78 is 13.6. The summed E-state index contributed by atoms with van der Waals surface area (Å²) in [6, 6.07) is 0. The molecule has 2 aromatic rings. The van der Waals surface area contributed by atoms with E-state index in [2.05, 4.69) is 20.5 Å². The quantitative estimate of drug-likeness (QED) is 0.804. The predicted molar refractivity (Wildman–Crippen MR) is 67.5 cm³/mol. The SMILES string of the molecule is CC.CC(=O)NCc1c(F)nc(C)c2cn[nH]c12. The molecular weight excluding hydrogens is 235 g/mol. The second kappa shape index (κ2) is 6.09. The number of amides is 1. The molecular formula is C12H17FN4O. The highest BCUT2D eigenvalue weighted by Gasteiger charge is 2.13. The molecule has 0 radical (unpaired) electrons. The van der Waals surface area contributed by atoms with Crippen LogP contribution >= 0.6 is 0 Å². The number of aromatic nitrogens is 3. The zero-order valence-corrected chi connectivity index (χ0v) is 11.0. The monoisotopic (exact) mass is 252 g/mol. The average molecular weight is 252 g/mol. The van der Waals surface area contributed by atoms with Crippen LogP contribution in [0.4, 0.5) is 4.39 Å². The molecule has 2 heterocycles. The molecule has 0 fully saturated rings.